The molecule has 1 aromatic rings. The summed E-state index contributed by atoms with van der Waals surface area (Å²) in [5.41, 5.74) is 0. The van der Waals surface area contributed by atoms with Crippen LogP contribution in [0.15, 0.2) is 24.3 Å². The van der Waals surface area contributed by atoms with Gasteiger partial charge in [0.05, 0.1) is 7.11 Å². The molecule has 3 saturated heterocycles. The summed E-state index contributed by atoms with van der Waals surface area (Å²) in [5, 5.41) is 2.97. The third kappa shape index (κ3) is 3.69. The topological polar surface area (TPSA) is 54.0 Å². The largest absolute Gasteiger partial charge is 0.497 e. The zero-order valence-corrected chi connectivity index (χ0v) is 13.0. The Labute approximate surface area is 131 Å². The molecule has 3 aliphatic rings. The Morgan fingerprint density at radius 3 is 2.45 bits per heavy atom. The molecule has 22 heavy (non-hydrogen) atoms. The standard InChI is InChI=1S/C16H23N3O3/c1-21-14-2-4-15(5-3-14)22-12-16(20)17-10-13-11-18-6-8-19(13)9-7-18/h2-5,13H,6-12H2,1H3,(H,17,20). The third-order valence-electron chi connectivity index (χ3n) is 4.36. The second-order valence-corrected chi connectivity index (χ2v) is 5.76. The van der Waals surface area contributed by atoms with Gasteiger partial charge >= 0.3 is 0 Å². The molecule has 120 valence electrons. The monoisotopic (exact) mass is 305 g/mol. The second-order valence-electron chi connectivity index (χ2n) is 5.76. The van der Waals surface area contributed by atoms with Crippen LogP contribution in [0.2, 0.25) is 0 Å². The maximum atomic E-state index is 11.9. The number of piperazine rings is 3. The highest BCUT2D eigenvalue weighted by atomic mass is 16.5. The number of ether oxygens (including phenoxy) is 2. The first-order valence-electron chi connectivity index (χ1n) is 7.74. The van der Waals surface area contributed by atoms with Crippen LogP contribution < -0.4 is 14.8 Å². The van der Waals surface area contributed by atoms with Crippen LogP contribution in [0.5, 0.6) is 11.5 Å². The van der Waals surface area contributed by atoms with E-state index >= 15 is 0 Å². The summed E-state index contributed by atoms with van der Waals surface area (Å²) >= 11 is 0. The van der Waals surface area contributed by atoms with Gasteiger partial charge in [-0.2, -0.15) is 0 Å². The van der Waals surface area contributed by atoms with E-state index in [4.69, 9.17) is 9.47 Å². The number of benzene rings is 1. The molecule has 1 aromatic carbocycles. The number of hydrogen-bond donors (Lipinski definition) is 1. The number of carbonyl (C=O) groups excluding carboxylic acids is 1. The van der Waals surface area contributed by atoms with Crippen molar-refractivity contribution in [1.29, 1.82) is 0 Å². The summed E-state index contributed by atoms with van der Waals surface area (Å²) in [4.78, 5) is 16.8. The molecule has 1 amide bonds. The summed E-state index contributed by atoms with van der Waals surface area (Å²) in [6, 6.07) is 7.66. The van der Waals surface area contributed by atoms with Crippen LogP contribution in [0, 0.1) is 0 Å². The van der Waals surface area contributed by atoms with Crippen molar-refractivity contribution in [3.63, 3.8) is 0 Å². The van der Waals surface area contributed by atoms with Gasteiger partial charge in [0.2, 0.25) is 0 Å². The van der Waals surface area contributed by atoms with Crippen LogP contribution in [0.25, 0.3) is 0 Å². The van der Waals surface area contributed by atoms with E-state index in [1.165, 1.54) is 0 Å². The molecule has 0 spiro atoms. The predicted molar refractivity (Wildman–Crippen MR) is 83.3 cm³/mol. The van der Waals surface area contributed by atoms with Gasteiger partial charge in [-0.1, -0.05) is 0 Å². The fourth-order valence-electron chi connectivity index (χ4n) is 3.02. The molecule has 3 aliphatic heterocycles. The van der Waals surface area contributed by atoms with E-state index in [9.17, 15) is 4.79 Å². The number of amides is 1. The molecule has 1 atom stereocenters. The lowest BCUT2D eigenvalue weighted by molar-refractivity contribution is -0.123. The van der Waals surface area contributed by atoms with Gasteiger partial charge < -0.3 is 14.8 Å². The number of nitrogens with zero attached hydrogens (tertiary/aromatic N) is 2. The molecular formula is C16H23N3O3. The van der Waals surface area contributed by atoms with Gasteiger partial charge in [-0.25, -0.2) is 0 Å². The Hall–Kier alpha value is -1.79. The lowest BCUT2D eigenvalue weighted by Crippen LogP contribution is -2.63. The molecule has 3 fully saturated rings. The fourth-order valence-corrected chi connectivity index (χ4v) is 3.02. The second kappa shape index (κ2) is 6.98. The van der Waals surface area contributed by atoms with Gasteiger partial charge in [0.15, 0.2) is 6.61 Å². The Morgan fingerprint density at radius 2 is 1.86 bits per heavy atom. The molecule has 1 N–H and O–H groups in total. The zero-order chi connectivity index (χ0) is 15.4. The van der Waals surface area contributed by atoms with Crippen molar-refractivity contribution < 1.29 is 14.3 Å². The first kappa shape index (κ1) is 15.1. The third-order valence-corrected chi connectivity index (χ3v) is 4.36. The minimum Gasteiger partial charge on any atom is -0.497 e. The Morgan fingerprint density at radius 1 is 1.18 bits per heavy atom. The molecule has 0 saturated carbocycles. The summed E-state index contributed by atoms with van der Waals surface area (Å²) in [7, 11) is 1.62. The smallest absolute Gasteiger partial charge is 0.257 e. The van der Waals surface area contributed by atoms with Gasteiger partial charge in [0.1, 0.15) is 11.5 Å². The quantitative estimate of drug-likeness (QED) is 0.813. The zero-order valence-electron chi connectivity index (χ0n) is 13.0. The van der Waals surface area contributed by atoms with Crippen LogP contribution in [-0.2, 0) is 4.79 Å². The van der Waals surface area contributed by atoms with Crippen LogP contribution in [0.1, 0.15) is 0 Å². The van der Waals surface area contributed by atoms with Gasteiger partial charge in [-0.3, -0.25) is 14.6 Å². The van der Waals surface area contributed by atoms with Crippen LogP contribution >= 0.6 is 0 Å². The van der Waals surface area contributed by atoms with E-state index in [-0.39, 0.29) is 12.5 Å². The van der Waals surface area contributed by atoms with Crippen molar-refractivity contribution in [3.8, 4) is 11.5 Å². The van der Waals surface area contributed by atoms with Crippen molar-refractivity contribution in [2.24, 2.45) is 0 Å². The van der Waals surface area contributed by atoms with Crippen molar-refractivity contribution in [1.82, 2.24) is 15.1 Å². The van der Waals surface area contributed by atoms with E-state index in [2.05, 4.69) is 15.1 Å². The van der Waals surface area contributed by atoms with E-state index in [1.54, 1.807) is 19.2 Å². The highest BCUT2D eigenvalue weighted by Gasteiger charge is 2.31. The minimum atomic E-state index is -0.0755. The SMILES string of the molecule is COc1ccc(OCC(=O)NCC2CN3CCN2CC3)cc1. The molecule has 4 rings (SSSR count). The molecule has 0 aliphatic carbocycles. The van der Waals surface area contributed by atoms with Crippen molar-refractivity contribution >= 4 is 5.91 Å². The fraction of sp³-hybridized carbons (Fsp3) is 0.562. The number of rotatable bonds is 6. The normalized spacial score (nSPS) is 26.5. The van der Waals surface area contributed by atoms with Gasteiger partial charge in [-0.15, -0.1) is 0 Å². The Kier molecular flexibility index (Phi) is 4.80. The molecule has 3 heterocycles. The number of carbonyl (C=O) groups is 1. The summed E-state index contributed by atoms with van der Waals surface area (Å²) in [6.07, 6.45) is 0. The predicted octanol–water partition coefficient (Wildman–Crippen LogP) is 0.190. The van der Waals surface area contributed by atoms with Crippen LogP contribution in [-0.4, -0.2) is 74.7 Å². The summed E-state index contributed by atoms with van der Waals surface area (Å²) in [6.45, 7) is 6.34. The number of nitrogens with one attached hydrogen (secondary N) is 1. The maximum absolute atomic E-state index is 11.9. The van der Waals surface area contributed by atoms with Crippen molar-refractivity contribution in [2.75, 3.05) is 53.0 Å². The van der Waals surface area contributed by atoms with Gasteiger partial charge in [0.25, 0.3) is 5.91 Å². The van der Waals surface area contributed by atoms with E-state index in [1.807, 2.05) is 12.1 Å². The molecule has 6 heteroatoms. The lowest BCUT2D eigenvalue weighted by Gasteiger charge is -2.47. The Balaban J connectivity index is 1.39. The molecule has 0 radical (unpaired) electrons. The average Bonchev–Trinajstić information content (AvgIpc) is 2.59. The molecular weight excluding hydrogens is 282 g/mol. The number of hydrogen-bond acceptors (Lipinski definition) is 5. The highest BCUT2D eigenvalue weighted by Crippen LogP contribution is 2.17. The van der Waals surface area contributed by atoms with Gasteiger partial charge in [-0.05, 0) is 24.3 Å². The maximum Gasteiger partial charge on any atom is 0.257 e. The minimum absolute atomic E-state index is 0.0444. The van der Waals surface area contributed by atoms with Crippen LogP contribution in [0.3, 0.4) is 0 Å². The Bertz CT molecular complexity index is 498. The van der Waals surface area contributed by atoms with Crippen LogP contribution in [0.4, 0.5) is 0 Å². The first-order valence-corrected chi connectivity index (χ1v) is 7.74. The average molecular weight is 305 g/mol. The molecule has 1 unspecified atom stereocenters. The highest BCUT2D eigenvalue weighted by molar-refractivity contribution is 5.77. The summed E-state index contributed by atoms with van der Waals surface area (Å²) < 4.78 is 10.6. The molecule has 6 nitrogen and oxygen atoms in total. The lowest BCUT2D eigenvalue weighted by atomic mass is 10.1. The van der Waals surface area contributed by atoms with Gasteiger partial charge in [0, 0.05) is 45.3 Å². The summed E-state index contributed by atoms with van der Waals surface area (Å²) in [5.74, 6) is 1.37. The van der Waals surface area contributed by atoms with E-state index < -0.39 is 0 Å². The van der Waals surface area contributed by atoms with Crippen molar-refractivity contribution in [2.45, 2.75) is 6.04 Å². The molecule has 0 aromatic heterocycles. The van der Waals surface area contributed by atoms with Crippen molar-refractivity contribution in [3.05, 3.63) is 24.3 Å². The first-order chi connectivity index (χ1) is 10.7. The molecule has 2 bridgehead atoms. The van der Waals surface area contributed by atoms with E-state index in [0.717, 1.165) is 38.5 Å². The number of methoxy groups -OCH3 is 1. The van der Waals surface area contributed by atoms with E-state index in [0.29, 0.717) is 18.3 Å². The number of fused-ring (bicyclic) bond motifs is 3.